The molecule has 3 aromatic rings. The summed E-state index contributed by atoms with van der Waals surface area (Å²) in [5.74, 6) is 0.218. The van der Waals surface area contributed by atoms with Crippen LogP contribution in [0.1, 0.15) is 43.9 Å². The number of benzene rings is 1. The fraction of sp³-hybridized carbons (Fsp3) is 0.381. The fourth-order valence-corrected chi connectivity index (χ4v) is 3.77. The number of anilines is 1. The Morgan fingerprint density at radius 1 is 1.12 bits per heavy atom. The molecule has 134 valence electrons. The maximum absolute atomic E-state index is 12.2. The number of aromatic nitrogens is 3. The van der Waals surface area contributed by atoms with E-state index in [4.69, 9.17) is 4.98 Å². The van der Waals surface area contributed by atoms with Gasteiger partial charge in [-0.15, -0.1) is 0 Å². The molecule has 1 aliphatic heterocycles. The molecule has 3 heterocycles. The van der Waals surface area contributed by atoms with Gasteiger partial charge in [0.25, 0.3) is 0 Å². The van der Waals surface area contributed by atoms with Gasteiger partial charge in [0, 0.05) is 30.1 Å². The summed E-state index contributed by atoms with van der Waals surface area (Å²) in [7, 11) is 0. The number of hydrogen-bond donors (Lipinski definition) is 0. The summed E-state index contributed by atoms with van der Waals surface area (Å²) in [6.07, 6.45) is 5.31. The summed E-state index contributed by atoms with van der Waals surface area (Å²) in [6, 6.07) is 6.67. The standard InChI is InChI=1S/C21H24N4O/c1-13(2)25-12-22-11-20(25)18-8-14(3)16-10-19(15(4)9-17(16)23-18)24-7-5-6-21(24)26/h8-13H,5-7H2,1-4H3. The van der Waals surface area contributed by atoms with Gasteiger partial charge in [-0.05, 0) is 63.4 Å². The number of carbonyl (C=O) groups is 1. The quantitative estimate of drug-likeness (QED) is 0.704. The molecule has 1 aromatic carbocycles. The third kappa shape index (κ3) is 2.68. The first-order chi connectivity index (χ1) is 12.5. The van der Waals surface area contributed by atoms with E-state index in [-0.39, 0.29) is 5.91 Å². The van der Waals surface area contributed by atoms with Crippen molar-refractivity contribution < 1.29 is 4.79 Å². The molecule has 0 bridgehead atoms. The van der Waals surface area contributed by atoms with Gasteiger partial charge in [0.15, 0.2) is 0 Å². The van der Waals surface area contributed by atoms with Crippen LogP contribution in [0.5, 0.6) is 0 Å². The van der Waals surface area contributed by atoms with Crippen molar-refractivity contribution >= 4 is 22.5 Å². The van der Waals surface area contributed by atoms with Crippen LogP contribution in [0.25, 0.3) is 22.3 Å². The average Bonchev–Trinajstić information content (AvgIpc) is 3.23. The number of carbonyl (C=O) groups excluding carboxylic acids is 1. The highest BCUT2D eigenvalue weighted by Crippen LogP contribution is 2.32. The van der Waals surface area contributed by atoms with Crippen molar-refractivity contribution in [2.45, 2.75) is 46.6 Å². The molecule has 0 spiro atoms. The van der Waals surface area contributed by atoms with Gasteiger partial charge in [0.2, 0.25) is 5.91 Å². The van der Waals surface area contributed by atoms with E-state index in [9.17, 15) is 4.79 Å². The Labute approximate surface area is 153 Å². The average molecular weight is 348 g/mol. The number of imidazole rings is 1. The summed E-state index contributed by atoms with van der Waals surface area (Å²) in [4.78, 5) is 23.3. The van der Waals surface area contributed by atoms with Crippen LogP contribution in [0.15, 0.2) is 30.7 Å². The number of fused-ring (bicyclic) bond motifs is 1. The zero-order valence-electron chi connectivity index (χ0n) is 15.8. The fourth-order valence-electron chi connectivity index (χ4n) is 3.77. The third-order valence-electron chi connectivity index (χ3n) is 5.18. The number of aryl methyl sites for hydroxylation is 2. The molecular formula is C21H24N4O. The summed E-state index contributed by atoms with van der Waals surface area (Å²) in [5, 5.41) is 1.10. The molecule has 0 radical (unpaired) electrons. The van der Waals surface area contributed by atoms with Crippen molar-refractivity contribution in [1.29, 1.82) is 0 Å². The maximum atomic E-state index is 12.2. The Kier molecular flexibility index (Phi) is 4.02. The minimum atomic E-state index is 0.218. The van der Waals surface area contributed by atoms with Crippen LogP contribution in [-0.2, 0) is 4.79 Å². The Balaban J connectivity index is 1.86. The van der Waals surface area contributed by atoms with Crippen LogP contribution in [0.3, 0.4) is 0 Å². The Morgan fingerprint density at radius 2 is 1.92 bits per heavy atom. The predicted octanol–water partition coefficient (Wildman–Crippen LogP) is 4.42. The summed E-state index contributed by atoms with van der Waals surface area (Å²) in [6.45, 7) is 9.26. The van der Waals surface area contributed by atoms with E-state index in [0.717, 1.165) is 52.1 Å². The molecule has 4 rings (SSSR count). The van der Waals surface area contributed by atoms with Gasteiger partial charge >= 0.3 is 0 Å². The summed E-state index contributed by atoms with van der Waals surface area (Å²) in [5.41, 5.74) is 6.20. The number of hydrogen-bond acceptors (Lipinski definition) is 3. The number of rotatable bonds is 3. The van der Waals surface area contributed by atoms with Gasteiger partial charge in [-0.3, -0.25) is 4.79 Å². The minimum absolute atomic E-state index is 0.218. The monoisotopic (exact) mass is 348 g/mol. The minimum Gasteiger partial charge on any atom is -0.327 e. The van der Waals surface area contributed by atoms with Gasteiger partial charge < -0.3 is 9.47 Å². The lowest BCUT2D eigenvalue weighted by Crippen LogP contribution is -2.24. The van der Waals surface area contributed by atoms with E-state index < -0.39 is 0 Å². The van der Waals surface area contributed by atoms with Gasteiger partial charge in [0.1, 0.15) is 0 Å². The Hall–Kier alpha value is -2.69. The van der Waals surface area contributed by atoms with E-state index in [1.165, 1.54) is 0 Å². The normalized spacial score (nSPS) is 14.8. The van der Waals surface area contributed by atoms with Gasteiger partial charge in [-0.25, -0.2) is 9.97 Å². The lowest BCUT2D eigenvalue weighted by atomic mass is 10.0. The smallest absolute Gasteiger partial charge is 0.227 e. The van der Waals surface area contributed by atoms with Crippen LogP contribution < -0.4 is 4.90 Å². The zero-order chi connectivity index (χ0) is 18.4. The molecule has 1 saturated heterocycles. The molecule has 26 heavy (non-hydrogen) atoms. The second-order valence-corrected chi connectivity index (χ2v) is 7.41. The van der Waals surface area contributed by atoms with Crippen molar-refractivity contribution in [1.82, 2.24) is 14.5 Å². The number of amides is 1. The van der Waals surface area contributed by atoms with Crippen LogP contribution >= 0.6 is 0 Å². The highest BCUT2D eigenvalue weighted by Gasteiger charge is 2.24. The zero-order valence-corrected chi connectivity index (χ0v) is 15.8. The SMILES string of the molecule is Cc1cc2nc(-c3cncn3C(C)C)cc(C)c2cc1N1CCCC1=O. The van der Waals surface area contributed by atoms with E-state index >= 15 is 0 Å². The predicted molar refractivity (Wildman–Crippen MR) is 104 cm³/mol. The summed E-state index contributed by atoms with van der Waals surface area (Å²) >= 11 is 0. The molecule has 5 nitrogen and oxygen atoms in total. The highest BCUT2D eigenvalue weighted by molar-refractivity contribution is 5.99. The van der Waals surface area contributed by atoms with Crippen molar-refractivity contribution in [3.8, 4) is 11.4 Å². The van der Waals surface area contributed by atoms with Crippen LogP contribution in [0.4, 0.5) is 5.69 Å². The van der Waals surface area contributed by atoms with Gasteiger partial charge in [-0.1, -0.05) is 0 Å². The molecular weight excluding hydrogens is 324 g/mol. The van der Waals surface area contributed by atoms with Gasteiger partial charge in [0.05, 0.1) is 29.4 Å². The van der Waals surface area contributed by atoms with E-state index in [1.54, 1.807) is 0 Å². The van der Waals surface area contributed by atoms with E-state index in [0.29, 0.717) is 12.5 Å². The van der Waals surface area contributed by atoms with E-state index in [1.807, 2.05) is 17.4 Å². The summed E-state index contributed by atoms with van der Waals surface area (Å²) < 4.78 is 2.14. The third-order valence-corrected chi connectivity index (χ3v) is 5.18. The van der Waals surface area contributed by atoms with Crippen molar-refractivity contribution in [3.05, 3.63) is 41.9 Å². The second kappa shape index (κ2) is 6.24. The van der Waals surface area contributed by atoms with Crippen molar-refractivity contribution in [2.24, 2.45) is 0 Å². The molecule has 1 aliphatic rings. The van der Waals surface area contributed by atoms with Crippen molar-refractivity contribution in [2.75, 3.05) is 11.4 Å². The van der Waals surface area contributed by atoms with Gasteiger partial charge in [-0.2, -0.15) is 0 Å². The first kappa shape index (κ1) is 16.8. The number of pyridine rings is 1. The lowest BCUT2D eigenvalue weighted by Gasteiger charge is -2.20. The lowest BCUT2D eigenvalue weighted by molar-refractivity contribution is -0.117. The topological polar surface area (TPSA) is 51.0 Å². The number of nitrogens with zero attached hydrogens (tertiary/aromatic N) is 4. The first-order valence-corrected chi connectivity index (χ1v) is 9.20. The molecule has 1 amide bonds. The maximum Gasteiger partial charge on any atom is 0.227 e. The molecule has 5 heteroatoms. The van der Waals surface area contributed by atoms with Crippen LogP contribution in [-0.4, -0.2) is 27.0 Å². The Bertz CT molecular complexity index is 1000. The van der Waals surface area contributed by atoms with E-state index in [2.05, 4.69) is 55.4 Å². The molecule has 0 aliphatic carbocycles. The molecule has 0 N–H and O–H groups in total. The van der Waals surface area contributed by atoms with Crippen molar-refractivity contribution in [3.63, 3.8) is 0 Å². The largest absolute Gasteiger partial charge is 0.327 e. The molecule has 1 fully saturated rings. The Morgan fingerprint density at radius 3 is 2.62 bits per heavy atom. The molecule has 0 saturated carbocycles. The van der Waals surface area contributed by atoms with Crippen LogP contribution in [0.2, 0.25) is 0 Å². The second-order valence-electron chi connectivity index (χ2n) is 7.41. The van der Waals surface area contributed by atoms with Crippen LogP contribution in [0, 0.1) is 13.8 Å². The molecule has 0 atom stereocenters. The molecule has 2 aromatic heterocycles. The highest BCUT2D eigenvalue weighted by atomic mass is 16.2. The first-order valence-electron chi connectivity index (χ1n) is 9.20. The molecule has 0 unspecified atom stereocenters.